The van der Waals surface area contributed by atoms with Gasteiger partial charge in [-0.1, -0.05) is 6.42 Å². The number of carbonyl (C=O) groups is 2. The molecule has 2 unspecified atom stereocenters. The first kappa shape index (κ1) is 15.9. The van der Waals surface area contributed by atoms with Gasteiger partial charge in [0.2, 0.25) is 5.91 Å². The molecule has 0 radical (unpaired) electrons. The summed E-state index contributed by atoms with van der Waals surface area (Å²) in [5.74, 6) is -0.662. The molecule has 1 fully saturated rings. The van der Waals surface area contributed by atoms with E-state index in [-0.39, 0.29) is 18.0 Å². The molecule has 6 nitrogen and oxygen atoms in total. The fourth-order valence-electron chi connectivity index (χ4n) is 2.76. The molecule has 0 spiro atoms. The first-order valence-electron chi connectivity index (χ1n) is 7.16. The zero-order valence-electron chi connectivity index (χ0n) is 12.2. The van der Waals surface area contributed by atoms with Crippen LogP contribution in [0.25, 0.3) is 0 Å². The molecule has 2 atom stereocenters. The van der Waals surface area contributed by atoms with Crippen LogP contribution in [0.1, 0.15) is 36.5 Å². The standard InChI is InChI=1S/C14H22N4O2S/c1-9(15)11-4-2-3-6-18(11)8-12(19)17-14-10(13(16)20)5-7-21-14/h5,7,9,11H,2-4,6,8,15H2,1H3,(H2,16,20)(H,17,19). The second-order valence-electron chi connectivity index (χ2n) is 5.47. The average Bonchev–Trinajstić information content (AvgIpc) is 2.87. The third-order valence-corrected chi connectivity index (χ3v) is 4.63. The lowest BCUT2D eigenvalue weighted by Gasteiger charge is -2.37. The van der Waals surface area contributed by atoms with E-state index in [1.54, 1.807) is 11.4 Å². The van der Waals surface area contributed by atoms with Crippen molar-refractivity contribution >= 4 is 28.2 Å². The van der Waals surface area contributed by atoms with Gasteiger partial charge < -0.3 is 16.8 Å². The van der Waals surface area contributed by atoms with Crippen LogP contribution in [-0.4, -0.2) is 41.9 Å². The molecule has 21 heavy (non-hydrogen) atoms. The van der Waals surface area contributed by atoms with Gasteiger partial charge in [0.05, 0.1) is 12.1 Å². The van der Waals surface area contributed by atoms with Crippen molar-refractivity contribution in [1.29, 1.82) is 0 Å². The highest BCUT2D eigenvalue weighted by Gasteiger charge is 2.27. The van der Waals surface area contributed by atoms with Crippen LogP contribution in [0.5, 0.6) is 0 Å². The average molecular weight is 310 g/mol. The Kier molecular flexibility index (Phi) is 5.33. The molecule has 0 aliphatic carbocycles. The van der Waals surface area contributed by atoms with Crippen LogP contribution in [-0.2, 0) is 4.79 Å². The van der Waals surface area contributed by atoms with E-state index in [0.717, 1.165) is 25.8 Å². The zero-order valence-corrected chi connectivity index (χ0v) is 13.0. The summed E-state index contributed by atoms with van der Waals surface area (Å²) in [6, 6.07) is 1.90. The van der Waals surface area contributed by atoms with Crippen molar-refractivity contribution in [2.24, 2.45) is 11.5 Å². The van der Waals surface area contributed by atoms with Gasteiger partial charge in [0, 0.05) is 12.1 Å². The smallest absolute Gasteiger partial charge is 0.251 e. The van der Waals surface area contributed by atoms with Crippen molar-refractivity contribution in [2.45, 2.75) is 38.3 Å². The Balaban J connectivity index is 1.97. The number of nitrogens with zero attached hydrogens (tertiary/aromatic N) is 1. The van der Waals surface area contributed by atoms with E-state index in [9.17, 15) is 9.59 Å². The summed E-state index contributed by atoms with van der Waals surface area (Å²) >= 11 is 1.30. The molecule has 7 heteroatoms. The fourth-order valence-corrected chi connectivity index (χ4v) is 3.57. The van der Waals surface area contributed by atoms with Gasteiger partial charge in [-0.3, -0.25) is 14.5 Å². The molecule has 0 bridgehead atoms. The van der Waals surface area contributed by atoms with Crippen LogP contribution in [0, 0.1) is 0 Å². The van der Waals surface area contributed by atoms with Crippen LogP contribution in [0.3, 0.4) is 0 Å². The van der Waals surface area contributed by atoms with Gasteiger partial charge in [-0.25, -0.2) is 0 Å². The van der Waals surface area contributed by atoms with E-state index < -0.39 is 5.91 Å². The van der Waals surface area contributed by atoms with Crippen molar-refractivity contribution in [3.05, 3.63) is 17.0 Å². The molecular formula is C14H22N4O2S. The molecule has 2 rings (SSSR count). The lowest BCUT2D eigenvalue weighted by Crippen LogP contribution is -2.51. The van der Waals surface area contributed by atoms with E-state index >= 15 is 0 Å². The minimum Gasteiger partial charge on any atom is -0.366 e. The third kappa shape index (κ3) is 4.03. The Labute approximate surface area is 128 Å². The van der Waals surface area contributed by atoms with E-state index in [4.69, 9.17) is 11.5 Å². The number of primary amides is 1. The van der Waals surface area contributed by atoms with Gasteiger partial charge in [0.1, 0.15) is 5.00 Å². The summed E-state index contributed by atoms with van der Waals surface area (Å²) in [4.78, 5) is 25.6. The molecule has 0 saturated carbocycles. The molecule has 0 aromatic carbocycles. The van der Waals surface area contributed by atoms with Gasteiger partial charge in [-0.05, 0) is 37.8 Å². The number of amides is 2. The highest BCUT2D eigenvalue weighted by Crippen LogP contribution is 2.23. The Morgan fingerprint density at radius 3 is 2.95 bits per heavy atom. The lowest BCUT2D eigenvalue weighted by atomic mass is 9.97. The predicted molar refractivity (Wildman–Crippen MR) is 84.3 cm³/mol. The number of carbonyl (C=O) groups excluding carboxylic acids is 2. The number of likely N-dealkylation sites (tertiary alicyclic amines) is 1. The first-order valence-corrected chi connectivity index (χ1v) is 8.03. The van der Waals surface area contributed by atoms with Gasteiger partial charge in [0.15, 0.2) is 0 Å². The molecule has 2 heterocycles. The minimum absolute atomic E-state index is 0.0426. The quantitative estimate of drug-likeness (QED) is 0.754. The summed E-state index contributed by atoms with van der Waals surface area (Å²) in [5.41, 5.74) is 11.6. The maximum Gasteiger partial charge on any atom is 0.251 e. The summed E-state index contributed by atoms with van der Waals surface area (Å²) in [7, 11) is 0. The lowest BCUT2D eigenvalue weighted by molar-refractivity contribution is -0.118. The molecule has 116 valence electrons. The number of nitrogens with two attached hydrogens (primary N) is 2. The van der Waals surface area contributed by atoms with Crippen LogP contribution >= 0.6 is 11.3 Å². The van der Waals surface area contributed by atoms with E-state index in [2.05, 4.69) is 10.2 Å². The Morgan fingerprint density at radius 1 is 1.52 bits per heavy atom. The van der Waals surface area contributed by atoms with Gasteiger partial charge >= 0.3 is 0 Å². The second kappa shape index (κ2) is 7.02. The number of piperidine rings is 1. The number of thiophene rings is 1. The Hall–Kier alpha value is -1.44. The predicted octanol–water partition coefficient (Wildman–Crippen LogP) is 0.987. The van der Waals surface area contributed by atoms with Crippen molar-refractivity contribution in [3.63, 3.8) is 0 Å². The highest BCUT2D eigenvalue weighted by atomic mass is 32.1. The van der Waals surface area contributed by atoms with Crippen molar-refractivity contribution < 1.29 is 9.59 Å². The zero-order chi connectivity index (χ0) is 15.4. The molecule has 1 aromatic rings. The van der Waals surface area contributed by atoms with E-state index in [1.807, 2.05) is 6.92 Å². The molecule has 1 saturated heterocycles. The molecule has 2 amide bonds. The number of hydrogen-bond donors (Lipinski definition) is 3. The SMILES string of the molecule is CC(N)C1CCCCN1CC(=O)Nc1sccc1C(N)=O. The van der Waals surface area contributed by atoms with E-state index in [1.165, 1.54) is 11.3 Å². The molecular weight excluding hydrogens is 288 g/mol. The van der Waals surface area contributed by atoms with Crippen LogP contribution in [0.2, 0.25) is 0 Å². The maximum absolute atomic E-state index is 12.2. The van der Waals surface area contributed by atoms with E-state index in [0.29, 0.717) is 17.1 Å². The van der Waals surface area contributed by atoms with Crippen molar-refractivity contribution in [2.75, 3.05) is 18.4 Å². The number of anilines is 1. The Morgan fingerprint density at radius 2 is 2.29 bits per heavy atom. The fraction of sp³-hybridized carbons (Fsp3) is 0.571. The number of hydrogen-bond acceptors (Lipinski definition) is 5. The Bertz CT molecular complexity index is 515. The van der Waals surface area contributed by atoms with Gasteiger partial charge in [0.25, 0.3) is 5.91 Å². The van der Waals surface area contributed by atoms with Crippen LogP contribution < -0.4 is 16.8 Å². The van der Waals surface area contributed by atoms with Crippen LogP contribution in [0.15, 0.2) is 11.4 Å². The number of rotatable bonds is 5. The third-order valence-electron chi connectivity index (χ3n) is 3.80. The first-order chi connectivity index (χ1) is 9.99. The largest absolute Gasteiger partial charge is 0.366 e. The topological polar surface area (TPSA) is 101 Å². The summed E-state index contributed by atoms with van der Waals surface area (Å²) < 4.78 is 0. The molecule has 1 aromatic heterocycles. The van der Waals surface area contributed by atoms with Gasteiger partial charge in [-0.15, -0.1) is 11.3 Å². The highest BCUT2D eigenvalue weighted by molar-refractivity contribution is 7.14. The molecule has 5 N–H and O–H groups in total. The normalized spacial score (nSPS) is 21.0. The minimum atomic E-state index is -0.530. The van der Waals surface area contributed by atoms with Crippen molar-refractivity contribution in [1.82, 2.24) is 4.90 Å². The van der Waals surface area contributed by atoms with Crippen LogP contribution in [0.4, 0.5) is 5.00 Å². The van der Waals surface area contributed by atoms with Gasteiger partial charge in [-0.2, -0.15) is 0 Å². The summed E-state index contributed by atoms with van der Waals surface area (Å²) in [6.45, 7) is 3.15. The molecule has 1 aliphatic heterocycles. The summed E-state index contributed by atoms with van der Waals surface area (Å²) in [5, 5.41) is 5.03. The van der Waals surface area contributed by atoms with Crippen molar-refractivity contribution in [3.8, 4) is 0 Å². The molecule has 1 aliphatic rings. The second-order valence-corrected chi connectivity index (χ2v) is 6.38. The monoisotopic (exact) mass is 310 g/mol. The summed E-state index contributed by atoms with van der Waals surface area (Å²) in [6.07, 6.45) is 3.26. The maximum atomic E-state index is 12.2. The number of nitrogens with one attached hydrogen (secondary N) is 1.